The molecule has 168 valence electrons. The van der Waals surface area contributed by atoms with E-state index in [0.29, 0.717) is 17.1 Å². The fourth-order valence-corrected chi connectivity index (χ4v) is 4.19. The van der Waals surface area contributed by atoms with Gasteiger partial charge in [-0.05, 0) is 43.2 Å². The highest BCUT2D eigenvalue weighted by Crippen LogP contribution is 2.39. The molecular weight excluding hydrogens is 433 g/mol. The van der Waals surface area contributed by atoms with Crippen molar-refractivity contribution in [3.63, 3.8) is 0 Å². The van der Waals surface area contributed by atoms with Crippen LogP contribution >= 0.6 is 0 Å². The molecule has 1 fully saturated rings. The zero-order valence-corrected chi connectivity index (χ0v) is 17.4. The van der Waals surface area contributed by atoms with E-state index in [1.165, 1.54) is 30.5 Å². The molecule has 33 heavy (non-hydrogen) atoms. The van der Waals surface area contributed by atoms with Crippen LogP contribution in [0.2, 0.25) is 0 Å². The maximum atomic E-state index is 14.6. The fraction of sp³-hybridized carbons (Fsp3) is 0.208. The molecular formula is C24H19F3N4O2. The van der Waals surface area contributed by atoms with Crippen molar-refractivity contribution in [1.82, 2.24) is 14.5 Å². The predicted octanol–water partition coefficient (Wildman–Crippen LogP) is 5.99. The molecule has 1 saturated carbocycles. The number of carbonyl (C=O) groups excluding carboxylic acids is 1. The van der Waals surface area contributed by atoms with Gasteiger partial charge in [0.05, 0.1) is 18.2 Å². The number of nitrogens with zero attached hydrogens (tertiary/aromatic N) is 3. The summed E-state index contributed by atoms with van der Waals surface area (Å²) in [6.45, 7) is 0. The van der Waals surface area contributed by atoms with Crippen LogP contribution in [0.25, 0.3) is 22.7 Å². The number of hydrogen-bond donors (Lipinski definition) is 1. The van der Waals surface area contributed by atoms with Crippen molar-refractivity contribution in [3.05, 3.63) is 78.3 Å². The number of rotatable bonds is 5. The number of pyridine rings is 1. The molecule has 4 aromatic rings. The van der Waals surface area contributed by atoms with Crippen LogP contribution in [0.1, 0.15) is 42.3 Å². The predicted molar refractivity (Wildman–Crippen MR) is 115 cm³/mol. The number of nitrogens with one attached hydrogen (secondary N) is 1. The van der Waals surface area contributed by atoms with Crippen LogP contribution in [-0.4, -0.2) is 20.4 Å². The first-order chi connectivity index (χ1) is 16.0. The van der Waals surface area contributed by atoms with Gasteiger partial charge in [0.1, 0.15) is 23.0 Å². The number of aromatic nitrogens is 3. The standard InChI is InChI=1S/C24H19F3N4O2/c25-14-5-6-16(17(26)11-14)22-23(31(13-29-22)15-3-1-2-4-15)20-7-8-21(33-20)24(32)30-19-9-10-28-12-18(19)27/h5-13,15H,1-4H2,(H,28,30,32). The van der Waals surface area contributed by atoms with Gasteiger partial charge in [-0.3, -0.25) is 9.78 Å². The SMILES string of the molecule is O=C(Nc1ccncc1F)c1ccc(-c2c(-c3ccc(F)cc3F)ncn2C2CCCC2)o1. The summed E-state index contributed by atoms with van der Waals surface area (Å²) in [5.74, 6) is -2.50. The summed E-state index contributed by atoms with van der Waals surface area (Å²) in [6, 6.07) is 7.84. The van der Waals surface area contributed by atoms with E-state index in [1.54, 1.807) is 12.4 Å². The maximum Gasteiger partial charge on any atom is 0.291 e. The lowest BCUT2D eigenvalue weighted by molar-refractivity contribution is 0.0997. The first-order valence-electron chi connectivity index (χ1n) is 10.5. The summed E-state index contributed by atoms with van der Waals surface area (Å²) in [6.07, 6.45) is 7.96. The minimum absolute atomic E-state index is 0.0296. The van der Waals surface area contributed by atoms with Gasteiger partial charge in [0.25, 0.3) is 5.91 Å². The number of amides is 1. The largest absolute Gasteiger partial charge is 0.449 e. The summed E-state index contributed by atoms with van der Waals surface area (Å²) < 4.78 is 49.7. The number of carbonyl (C=O) groups is 1. The molecule has 1 aliphatic rings. The van der Waals surface area contributed by atoms with Gasteiger partial charge in [0.15, 0.2) is 17.3 Å². The molecule has 1 aliphatic carbocycles. The number of hydrogen-bond acceptors (Lipinski definition) is 4. The lowest BCUT2D eigenvalue weighted by atomic mass is 10.1. The number of furan rings is 1. The van der Waals surface area contributed by atoms with Gasteiger partial charge in [0, 0.05) is 23.9 Å². The lowest BCUT2D eigenvalue weighted by Gasteiger charge is -2.15. The second kappa shape index (κ2) is 8.57. The quantitative estimate of drug-likeness (QED) is 0.404. The second-order valence-electron chi connectivity index (χ2n) is 7.89. The average molecular weight is 452 g/mol. The van der Waals surface area contributed by atoms with E-state index in [2.05, 4.69) is 15.3 Å². The Hall–Kier alpha value is -3.88. The number of halogens is 3. The van der Waals surface area contributed by atoms with Crippen molar-refractivity contribution >= 4 is 11.6 Å². The molecule has 1 aromatic carbocycles. The Morgan fingerprint density at radius 3 is 2.64 bits per heavy atom. The molecule has 0 atom stereocenters. The molecule has 0 bridgehead atoms. The minimum Gasteiger partial charge on any atom is -0.449 e. The van der Waals surface area contributed by atoms with Crippen LogP contribution in [0.4, 0.5) is 18.9 Å². The van der Waals surface area contributed by atoms with E-state index < -0.39 is 23.4 Å². The van der Waals surface area contributed by atoms with E-state index >= 15 is 0 Å². The highest BCUT2D eigenvalue weighted by Gasteiger charge is 2.27. The third-order valence-corrected chi connectivity index (χ3v) is 5.78. The summed E-state index contributed by atoms with van der Waals surface area (Å²) in [7, 11) is 0. The van der Waals surface area contributed by atoms with E-state index in [-0.39, 0.29) is 23.1 Å². The lowest BCUT2D eigenvalue weighted by Crippen LogP contribution is -2.12. The van der Waals surface area contributed by atoms with E-state index in [1.807, 2.05) is 4.57 Å². The molecule has 0 unspecified atom stereocenters. The Morgan fingerprint density at radius 1 is 1.06 bits per heavy atom. The van der Waals surface area contributed by atoms with Crippen LogP contribution in [0, 0.1) is 17.5 Å². The second-order valence-corrected chi connectivity index (χ2v) is 7.89. The first-order valence-corrected chi connectivity index (χ1v) is 10.5. The van der Waals surface area contributed by atoms with Crippen molar-refractivity contribution < 1.29 is 22.4 Å². The van der Waals surface area contributed by atoms with Crippen molar-refractivity contribution in [2.45, 2.75) is 31.7 Å². The first kappa shape index (κ1) is 21.0. The number of benzene rings is 1. The topological polar surface area (TPSA) is 73.0 Å². The monoisotopic (exact) mass is 452 g/mol. The molecule has 6 nitrogen and oxygen atoms in total. The number of anilines is 1. The summed E-state index contributed by atoms with van der Waals surface area (Å²) in [4.78, 5) is 20.7. The molecule has 0 saturated heterocycles. The van der Waals surface area contributed by atoms with Crippen molar-refractivity contribution in [1.29, 1.82) is 0 Å². The third-order valence-electron chi connectivity index (χ3n) is 5.78. The van der Waals surface area contributed by atoms with Crippen LogP contribution < -0.4 is 5.32 Å². The zero-order chi connectivity index (χ0) is 22.9. The van der Waals surface area contributed by atoms with Crippen LogP contribution in [0.3, 0.4) is 0 Å². The minimum atomic E-state index is -0.745. The van der Waals surface area contributed by atoms with E-state index in [9.17, 15) is 18.0 Å². The van der Waals surface area contributed by atoms with E-state index in [0.717, 1.165) is 37.9 Å². The average Bonchev–Trinajstić information content (AvgIpc) is 3.55. The van der Waals surface area contributed by atoms with E-state index in [4.69, 9.17) is 4.42 Å². The Kier molecular flexibility index (Phi) is 5.45. The maximum absolute atomic E-state index is 14.6. The van der Waals surface area contributed by atoms with Crippen LogP contribution in [0.5, 0.6) is 0 Å². The molecule has 3 aromatic heterocycles. The highest BCUT2D eigenvalue weighted by atomic mass is 19.1. The Bertz CT molecular complexity index is 1330. The normalized spacial score (nSPS) is 14.0. The van der Waals surface area contributed by atoms with Crippen molar-refractivity contribution in [2.24, 2.45) is 0 Å². The van der Waals surface area contributed by atoms with Crippen LogP contribution in [-0.2, 0) is 0 Å². The smallest absolute Gasteiger partial charge is 0.291 e. The van der Waals surface area contributed by atoms with Gasteiger partial charge < -0.3 is 14.3 Å². The Morgan fingerprint density at radius 2 is 1.88 bits per heavy atom. The molecule has 9 heteroatoms. The van der Waals surface area contributed by atoms with Gasteiger partial charge in [0.2, 0.25) is 0 Å². The molecule has 0 aliphatic heterocycles. The summed E-state index contributed by atoms with van der Waals surface area (Å²) in [5, 5.41) is 2.44. The number of imidazole rings is 1. The Balaban J connectivity index is 1.54. The van der Waals surface area contributed by atoms with Gasteiger partial charge in [-0.25, -0.2) is 18.2 Å². The highest BCUT2D eigenvalue weighted by molar-refractivity contribution is 6.02. The fourth-order valence-electron chi connectivity index (χ4n) is 4.19. The van der Waals surface area contributed by atoms with Gasteiger partial charge >= 0.3 is 0 Å². The molecule has 1 N–H and O–H groups in total. The molecule has 5 rings (SSSR count). The molecule has 1 amide bonds. The van der Waals surface area contributed by atoms with Crippen molar-refractivity contribution in [3.8, 4) is 22.7 Å². The molecule has 0 radical (unpaired) electrons. The van der Waals surface area contributed by atoms with Gasteiger partial charge in [-0.2, -0.15) is 0 Å². The van der Waals surface area contributed by atoms with Crippen LogP contribution in [0.15, 0.2) is 59.5 Å². The van der Waals surface area contributed by atoms with Gasteiger partial charge in [-0.1, -0.05) is 12.8 Å². The summed E-state index contributed by atoms with van der Waals surface area (Å²) in [5.41, 5.74) is 0.893. The molecule has 0 spiro atoms. The molecule has 3 heterocycles. The third kappa shape index (κ3) is 4.02. The Labute approximate surface area is 187 Å². The van der Waals surface area contributed by atoms with Gasteiger partial charge in [-0.15, -0.1) is 0 Å². The van der Waals surface area contributed by atoms with Crippen molar-refractivity contribution in [2.75, 3.05) is 5.32 Å². The zero-order valence-electron chi connectivity index (χ0n) is 17.4. The summed E-state index contributed by atoms with van der Waals surface area (Å²) >= 11 is 0.